The van der Waals surface area contributed by atoms with Crippen LogP contribution >= 0.6 is 0 Å². The summed E-state index contributed by atoms with van der Waals surface area (Å²) in [5.41, 5.74) is 0.495. The van der Waals surface area contributed by atoms with Gasteiger partial charge in [0, 0.05) is 25.2 Å². The van der Waals surface area contributed by atoms with Crippen LogP contribution in [0, 0.1) is 11.3 Å². The molecule has 1 saturated carbocycles. The monoisotopic (exact) mass is 268 g/mol. The first-order chi connectivity index (χ1) is 9.02. The van der Waals surface area contributed by atoms with E-state index in [1.807, 2.05) is 0 Å². The zero-order valence-corrected chi connectivity index (χ0v) is 13.2. The summed E-state index contributed by atoms with van der Waals surface area (Å²) < 4.78 is 5.62. The standard InChI is InChI=1S/C16H32N2O/c1-16(2)8-7-14(17-3)15(10-16)18(4)11-13-6-5-9-19-12-13/h13-15,17H,5-12H2,1-4H3. The Balaban J connectivity index is 1.92. The molecule has 0 amide bonds. The van der Waals surface area contributed by atoms with Crippen molar-refractivity contribution in [2.45, 2.75) is 58.0 Å². The lowest BCUT2D eigenvalue weighted by molar-refractivity contribution is 0.0194. The molecule has 2 fully saturated rings. The van der Waals surface area contributed by atoms with E-state index in [0.717, 1.165) is 19.1 Å². The molecule has 0 aromatic heterocycles. The normalized spacial score (nSPS) is 35.5. The van der Waals surface area contributed by atoms with Crippen molar-refractivity contribution >= 4 is 0 Å². The number of likely N-dealkylation sites (N-methyl/N-ethyl adjacent to an activating group) is 2. The fourth-order valence-electron chi connectivity index (χ4n) is 3.84. The molecule has 2 rings (SSSR count). The quantitative estimate of drug-likeness (QED) is 0.848. The summed E-state index contributed by atoms with van der Waals surface area (Å²) in [6.45, 7) is 7.96. The van der Waals surface area contributed by atoms with Gasteiger partial charge in [-0.1, -0.05) is 13.8 Å². The predicted molar refractivity (Wildman–Crippen MR) is 80.4 cm³/mol. The van der Waals surface area contributed by atoms with Crippen LogP contribution in [0.1, 0.15) is 46.0 Å². The molecule has 1 N–H and O–H groups in total. The van der Waals surface area contributed by atoms with Crippen molar-refractivity contribution in [3.63, 3.8) is 0 Å². The molecular formula is C16H32N2O. The van der Waals surface area contributed by atoms with E-state index < -0.39 is 0 Å². The Morgan fingerprint density at radius 1 is 1.32 bits per heavy atom. The number of hydrogen-bond acceptors (Lipinski definition) is 3. The summed E-state index contributed by atoms with van der Waals surface area (Å²) in [4.78, 5) is 2.60. The number of ether oxygens (including phenoxy) is 1. The van der Waals surface area contributed by atoms with Gasteiger partial charge in [-0.05, 0) is 57.5 Å². The number of rotatable bonds is 4. The Morgan fingerprint density at radius 3 is 2.74 bits per heavy atom. The summed E-state index contributed by atoms with van der Waals surface area (Å²) >= 11 is 0. The summed E-state index contributed by atoms with van der Waals surface area (Å²) in [6, 6.07) is 1.33. The third-order valence-corrected chi connectivity index (χ3v) is 5.10. The largest absolute Gasteiger partial charge is 0.381 e. The lowest BCUT2D eigenvalue weighted by atomic mass is 9.72. The first-order valence-electron chi connectivity index (χ1n) is 7.97. The first-order valence-corrected chi connectivity index (χ1v) is 7.97. The van der Waals surface area contributed by atoms with E-state index in [1.165, 1.54) is 38.6 Å². The molecular weight excluding hydrogens is 236 g/mol. The van der Waals surface area contributed by atoms with Crippen molar-refractivity contribution in [2.24, 2.45) is 11.3 Å². The minimum absolute atomic E-state index is 0.495. The van der Waals surface area contributed by atoms with Crippen LogP contribution in [-0.4, -0.2) is 50.8 Å². The lowest BCUT2D eigenvalue weighted by Gasteiger charge is -2.45. The summed E-state index contributed by atoms with van der Waals surface area (Å²) in [5, 5.41) is 3.54. The zero-order valence-electron chi connectivity index (χ0n) is 13.2. The Kier molecular flexibility index (Phi) is 5.27. The Hall–Kier alpha value is -0.120. The molecule has 3 nitrogen and oxygen atoms in total. The molecule has 0 spiro atoms. The molecule has 3 atom stereocenters. The van der Waals surface area contributed by atoms with Crippen molar-refractivity contribution < 1.29 is 4.74 Å². The van der Waals surface area contributed by atoms with E-state index in [-0.39, 0.29) is 0 Å². The molecule has 19 heavy (non-hydrogen) atoms. The zero-order chi connectivity index (χ0) is 13.9. The second-order valence-electron chi connectivity index (χ2n) is 7.39. The third kappa shape index (κ3) is 4.17. The number of hydrogen-bond donors (Lipinski definition) is 1. The molecule has 3 heteroatoms. The van der Waals surface area contributed by atoms with Crippen LogP contribution in [0.3, 0.4) is 0 Å². The van der Waals surface area contributed by atoms with Gasteiger partial charge in [0.05, 0.1) is 6.61 Å². The Morgan fingerprint density at radius 2 is 2.11 bits per heavy atom. The van der Waals surface area contributed by atoms with Crippen LogP contribution in [0.2, 0.25) is 0 Å². The van der Waals surface area contributed by atoms with Crippen molar-refractivity contribution in [1.82, 2.24) is 10.2 Å². The second kappa shape index (κ2) is 6.55. The van der Waals surface area contributed by atoms with E-state index in [2.05, 4.69) is 38.2 Å². The SMILES string of the molecule is CNC1CCC(C)(C)CC1N(C)CC1CCCOC1. The first kappa shape index (κ1) is 15.3. The predicted octanol–water partition coefficient (Wildman–Crippen LogP) is 2.51. The molecule has 1 aliphatic carbocycles. The van der Waals surface area contributed by atoms with Gasteiger partial charge in [-0.15, -0.1) is 0 Å². The Bertz CT molecular complexity index is 274. The fraction of sp³-hybridized carbons (Fsp3) is 1.00. The molecule has 0 aromatic carbocycles. The highest BCUT2D eigenvalue weighted by Crippen LogP contribution is 2.37. The van der Waals surface area contributed by atoms with Gasteiger partial charge in [-0.2, -0.15) is 0 Å². The van der Waals surface area contributed by atoms with Crippen molar-refractivity contribution in [3.8, 4) is 0 Å². The van der Waals surface area contributed by atoms with Gasteiger partial charge in [-0.3, -0.25) is 0 Å². The molecule has 1 heterocycles. The minimum atomic E-state index is 0.495. The van der Waals surface area contributed by atoms with Crippen LogP contribution in [0.4, 0.5) is 0 Å². The smallest absolute Gasteiger partial charge is 0.0506 e. The van der Waals surface area contributed by atoms with E-state index in [0.29, 0.717) is 17.5 Å². The Labute approximate surface area is 119 Å². The average Bonchev–Trinajstić information content (AvgIpc) is 2.39. The fourth-order valence-corrected chi connectivity index (χ4v) is 3.84. The highest BCUT2D eigenvalue weighted by atomic mass is 16.5. The average molecular weight is 268 g/mol. The lowest BCUT2D eigenvalue weighted by Crippen LogP contribution is -2.54. The molecule has 0 radical (unpaired) electrons. The third-order valence-electron chi connectivity index (χ3n) is 5.10. The molecule has 3 unspecified atom stereocenters. The summed E-state index contributed by atoms with van der Waals surface area (Å²) in [7, 11) is 4.43. The van der Waals surface area contributed by atoms with E-state index >= 15 is 0 Å². The van der Waals surface area contributed by atoms with Gasteiger partial charge in [0.15, 0.2) is 0 Å². The molecule has 112 valence electrons. The second-order valence-corrected chi connectivity index (χ2v) is 7.39. The van der Waals surface area contributed by atoms with Gasteiger partial charge in [0.25, 0.3) is 0 Å². The highest BCUT2D eigenvalue weighted by Gasteiger charge is 2.36. The maximum Gasteiger partial charge on any atom is 0.0506 e. The van der Waals surface area contributed by atoms with Gasteiger partial charge in [-0.25, -0.2) is 0 Å². The molecule has 1 aliphatic heterocycles. The van der Waals surface area contributed by atoms with E-state index in [1.54, 1.807) is 0 Å². The van der Waals surface area contributed by atoms with Crippen LogP contribution in [0.5, 0.6) is 0 Å². The van der Waals surface area contributed by atoms with Crippen LogP contribution in [-0.2, 0) is 4.74 Å². The number of nitrogens with zero attached hydrogens (tertiary/aromatic N) is 1. The minimum Gasteiger partial charge on any atom is -0.381 e. The maximum atomic E-state index is 5.62. The van der Waals surface area contributed by atoms with Crippen LogP contribution < -0.4 is 5.32 Å². The van der Waals surface area contributed by atoms with Gasteiger partial charge in [0.1, 0.15) is 0 Å². The maximum absolute atomic E-state index is 5.62. The molecule has 0 bridgehead atoms. The topological polar surface area (TPSA) is 24.5 Å². The van der Waals surface area contributed by atoms with Crippen LogP contribution in [0.15, 0.2) is 0 Å². The van der Waals surface area contributed by atoms with E-state index in [9.17, 15) is 0 Å². The van der Waals surface area contributed by atoms with Crippen molar-refractivity contribution in [1.29, 1.82) is 0 Å². The highest BCUT2D eigenvalue weighted by molar-refractivity contribution is 4.93. The van der Waals surface area contributed by atoms with Gasteiger partial charge >= 0.3 is 0 Å². The molecule has 1 saturated heterocycles. The molecule has 0 aromatic rings. The van der Waals surface area contributed by atoms with E-state index in [4.69, 9.17) is 4.74 Å². The molecule has 2 aliphatic rings. The summed E-state index contributed by atoms with van der Waals surface area (Å²) in [6.07, 6.45) is 6.53. The van der Waals surface area contributed by atoms with Gasteiger partial charge in [0.2, 0.25) is 0 Å². The van der Waals surface area contributed by atoms with Gasteiger partial charge < -0.3 is 15.0 Å². The van der Waals surface area contributed by atoms with Crippen molar-refractivity contribution in [2.75, 3.05) is 33.9 Å². The number of nitrogens with one attached hydrogen (secondary N) is 1. The van der Waals surface area contributed by atoms with Crippen LogP contribution in [0.25, 0.3) is 0 Å². The summed E-state index contributed by atoms with van der Waals surface area (Å²) in [5.74, 6) is 0.737. The van der Waals surface area contributed by atoms with Crippen molar-refractivity contribution in [3.05, 3.63) is 0 Å².